The second-order valence-electron chi connectivity index (χ2n) is 4.25. The van der Waals surface area contributed by atoms with Crippen molar-refractivity contribution < 1.29 is 18.3 Å². The van der Waals surface area contributed by atoms with Crippen molar-refractivity contribution in [3.05, 3.63) is 29.6 Å². The topological polar surface area (TPSA) is 104 Å². The monoisotopic (exact) mass is 297 g/mol. The molecule has 8 heteroatoms. The van der Waals surface area contributed by atoms with E-state index in [9.17, 15) is 13.5 Å². The van der Waals surface area contributed by atoms with Crippen LogP contribution in [0.4, 0.5) is 5.69 Å². The number of benzene rings is 1. The number of aromatic hydroxyl groups is 1. The molecule has 0 atom stereocenters. The number of aromatic nitrogens is 2. The van der Waals surface area contributed by atoms with Crippen molar-refractivity contribution in [2.75, 3.05) is 11.8 Å². The van der Waals surface area contributed by atoms with Crippen LogP contribution in [0.2, 0.25) is 0 Å². The molecule has 0 aliphatic carbocycles. The van der Waals surface area contributed by atoms with E-state index in [1.807, 2.05) is 0 Å². The van der Waals surface area contributed by atoms with Crippen LogP contribution in [-0.4, -0.2) is 30.8 Å². The SMILES string of the molecule is COc1ccc(O)c(NS(=O)(=O)c2c(C)n[nH]c2C)c1. The number of ether oxygens (including phenoxy) is 1. The summed E-state index contributed by atoms with van der Waals surface area (Å²) < 4.78 is 32.0. The first-order chi connectivity index (χ1) is 9.35. The van der Waals surface area contributed by atoms with Crippen LogP contribution >= 0.6 is 0 Å². The summed E-state index contributed by atoms with van der Waals surface area (Å²) in [5, 5.41) is 16.2. The molecule has 0 saturated heterocycles. The summed E-state index contributed by atoms with van der Waals surface area (Å²) in [6.07, 6.45) is 0. The molecule has 1 heterocycles. The lowest BCUT2D eigenvalue weighted by Crippen LogP contribution is -2.14. The third kappa shape index (κ3) is 2.55. The molecule has 2 rings (SSSR count). The second-order valence-corrected chi connectivity index (χ2v) is 5.87. The van der Waals surface area contributed by atoms with Crippen LogP contribution in [0, 0.1) is 13.8 Å². The second kappa shape index (κ2) is 5.04. The van der Waals surface area contributed by atoms with Gasteiger partial charge in [-0.2, -0.15) is 5.10 Å². The van der Waals surface area contributed by atoms with Crippen molar-refractivity contribution in [2.24, 2.45) is 0 Å². The highest BCUT2D eigenvalue weighted by atomic mass is 32.2. The minimum atomic E-state index is -3.84. The standard InChI is InChI=1S/C12H15N3O4S/c1-7-12(8(2)14-13-7)20(17,18)15-10-6-9(19-3)4-5-11(10)16/h4-6,15-16H,1-3H3,(H,13,14). The highest BCUT2D eigenvalue weighted by Crippen LogP contribution is 2.30. The molecule has 0 aliphatic heterocycles. The third-order valence-electron chi connectivity index (χ3n) is 2.78. The lowest BCUT2D eigenvalue weighted by atomic mass is 10.3. The molecule has 0 unspecified atom stereocenters. The fourth-order valence-electron chi connectivity index (χ4n) is 1.86. The van der Waals surface area contributed by atoms with Crippen LogP contribution in [0.5, 0.6) is 11.5 Å². The summed E-state index contributed by atoms with van der Waals surface area (Å²) in [5.74, 6) is 0.245. The number of H-pyrrole nitrogens is 1. The fraction of sp³-hybridized carbons (Fsp3) is 0.250. The number of hydrogen-bond donors (Lipinski definition) is 3. The van der Waals surface area contributed by atoms with Crippen molar-refractivity contribution in [1.82, 2.24) is 10.2 Å². The van der Waals surface area contributed by atoms with Gasteiger partial charge in [0.15, 0.2) is 0 Å². The average Bonchev–Trinajstić information content (AvgIpc) is 2.72. The third-order valence-corrected chi connectivity index (χ3v) is 4.40. The molecule has 20 heavy (non-hydrogen) atoms. The van der Waals surface area contributed by atoms with Gasteiger partial charge >= 0.3 is 0 Å². The van der Waals surface area contributed by atoms with Gasteiger partial charge in [-0.15, -0.1) is 0 Å². The Morgan fingerprint density at radius 3 is 2.60 bits per heavy atom. The Balaban J connectivity index is 2.43. The molecule has 2 aromatic rings. The molecule has 0 radical (unpaired) electrons. The molecular formula is C12H15N3O4S. The van der Waals surface area contributed by atoms with E-state index in [0.29, 0.717) is 17.1 Å². The predicted octanol–water partition coefficient (Wildman–Crippen LogP) is 1.54. The highest BCUT2D eigenvalue weighted by molar-refractivity contribution is 7.92. The Hall–Kier alpha value is -2.22. The van der Waals surface area contributed by atoms with Gasteiger partial charge in [-0.05, 0) is 26.0 Å². The van der Waals surface area contributed by atoms with Gasteiger partial charge in [0, 0.05) is 6.07 Å². The quantitative estimate of drug-likeness (QED) is 0.743. The Labute approximate surface area is 116 Å². The Bertz CT molecular complexity index is 718. The summed E-state index contributed by atoms with van der Waals surface area (Å²) in [4.78, 5) is 0.0692. The number of rotatable bonds is 4. The molecule has 0 bridgehead atoms. The average molecular weight is 297 g/mol. The molecule has 108 valence electrons. The maximum atomic E-state index is 12.3. The maximum absolute atomic E-state index is 12.3. The highest BCUT2D eigenvalue weighted by Gasteiger charge is 2.23. The fourth-order valence-corrected chi connectivity index (χ4v) is 3.29. The summed E-state index contributed by atoms with van der Waals surface area (Å²) in [5.41, 5.74) is 0.833. The summed E-state index contributed by atoms with van der Waals surface area (Å²) >= 11 is 0. The lowest BCUT2D eigenvalue weighted by Gasteiger charge is -2.11. The summed E-state index contributed by atoms with van der Waals surface area (Å²) in [6, 6.07) is 4.28. The number of methoxy groups -OCH3 is 1. The molecule has 0 saturated carbocycles. The van der Waals surface area contributed by atoms with Gasteiger partial charge in [0.05, 0.1) is 24.2 Å². The zero-order chi connectivity index (χ0) is 14.9. The zero-order valence-electron chi connectivity index (χ0n) is 11.3. The summed E-state index contributed by atoms with van der Waals surface area (Å²) in [7, 11) is -2.38. The van der Waals surface area contributed by atoms with Crippen molar-refractivity contribution in [3.63, 3.8) is 0 Å². The number of anilines is 1. The van der Waals surface area contributed by atoms with Crippen LogP contribution in [0.15, 0.2) is 23.1 Å². The number of hydrogen-bond acceptors (Lipinski definition) is 5. The van der Waals surface area contributed by atoms with Gasteiger partial charge in [0.1, 0.15) is 16.4 Å². The van der Waals surface area contributed by atoms with Crippen LogP contribution in [0.25, 0.3) is 0 Å². The maximum Gasteiger partial charge on any atom is 0.265 e. The Kier molecular flexibility index (Phi) is 3.58. The number of aryl methyl sites for hydroxylation is 2. The van der Waals surface area contributed by atoms with E-state index in [0.717, 1.165) is 0 Å². The van der Waals surface area contributed by atoms with E-state index in [4.69, 9.17) is 4.74 Å². The van der Waals surface area contributed by atoms with E-state index < -0.39 is 10.0 Å². The van der Waals surface area contributed by atoms with E-state index in [2.05, 4.69) is 14.9 Å². The van der Waals surface area contributed by atoms with E-state index >= 15 is 0 Å². The number of nitrogens with zero attached hydrogens (tertiary/aromatic N) is 1. The molecular weight excluding hydrogens is 282 g/mol. The van der Waals surface area contributed by atoms with Crippen LogP contribution in [0.1, 0.15) is 11.4 Å². The number of aromatic amines is 1. The minimum Gasteiger partial charge on any atom is -0.506 e. The van der Waals surface area contributed by atoms with Crippen LogP contribution in [-0.2, 0) is 10.0 Å². The largest absolute Gasteiger partial charge is 0.506 e. The van der Waals surface area contributed by atoms with Crippen molar-refractivity contribution in [3.8, 4) is 11.5 Å². The van der Waals surface area contributed by atoms with Crippen molar-refractivity contribution >= 4 is 15.7 Å². The smallest absolute Gasteiger partial charge is 0.265 e. The number of nitrogens with one attached hydrogen (secondary N) is 2. The van der Waals surface area contributed by atoms with Gasteiger partial charge < -0.3 is 9.84 Å². The molecule has 1 aromatic carbocycles. The Morgan fingerprint density at radius 2 is 2.05 bits per heavy atom. The van der Waals surface area contributed by atoms with E-state index in [-0.39, 0.29) is 16.3 Å². The first-order valence-corrected chi connectivity index (χ1v) is 7.25. The van der Waals surface area contributed by atoms with E-state index in [1.165, 1.54) is 25.3 Å². The van der Waals surface area contributed by atoms with E-state index in [1.54, 1.807) is 13.8 Å². The first-order valence-electron chi connectivity index (χ1n) is 5.76. The van der Waals surface area contributed by atoms with Gasteiger partial charge in [-0.25, -0.2) is 8.42 Å². The molecule has 1 aromatic heterocycles. The number of sulfonamides is 1. The number of phenolic OH excluding ortho intramolecular Hbond substituents is 1. The van der Waals surface area contributed by atoms with Crippen LogP contribution in [0.3, 0.4) is 0 Å². The predicted molar refractivity (Wildman–Crippen MR) is 73.5 cm³/mol. The van der Waals surface area contributed by atoms with Crippen LogP contribution < -0.4 is 9.46 Å². The van der Waals surface area contributed by atoms with Crippen molar-refractivity contribution in [2.45, 2.75) is 18.7 Å². The molecule has 0 fully saturated rings. The molecule has 7 nitrogen and oxygen atoms in total. The normalized spacial score (nSPS) is 11.3. The Morgan fingerprint density at radius 1 is 1.35 bits per heavy atom. The lowest BCUT2D eigenvalue weighted by molar-refractivity contribution is 0.413. The molecule has 0 spiro atoms. The first kappa shape index (κ1) is 14.2. The molecule has 0 aliphatic rings. The minimum absolute atomic E-state index is 0.0457. The summed E-state index contributed by atoms with van der Waals surface area (Å²) in [6.45, 7) is 3.20. The van der Waals surface area contributed by atoms with Gasteiger partial charge in [0.2, 0.25) is 0 Å². The zero-order valence-corrected chi connectivity index (χ0v) is 12.1. The van der Waals surface area contributed by atoms with Gasteiger partial charge in [0.25, 0.3) is 10.0 Å². The number of phenols is 1. The molecule has 0 amide bonds. The molecule has 3 N–H and O–H groups in total. The van der Waals surface area contributed by atoms with Gasteiger partial charge in [-0.1, -0.05) is 0 Å². The van der Waals surface area contributed by atoms with Crippen molar-refractivity contribution in [1.29, 1.82) is 0 Å². The van der Waals surface area contributed by atoms with Gasteiger partial charge in [-0.3, -0.25) is 9.82 Å².